The number of carbonyl (C=O) groups excluding carboxylic acids is 1. The largest absolute Gasteiger partial charge is 0.508 e. The van der Waals surface area contributed by atoms with Crippen LogP contribution in [0.15, 0.2) is 54.6 Å². The van der Waals surface area contributed by atoms with Gasteiger partial charge in [-0.25, -0.2) is 0 Å². The highest BCUT2D eigenvalue weighted by atomic mass is 16.3. The minimum Gasteiger partial charge on any atom is -0.508 e. The molecule has 0 aromatic heterocycles. The lowest BCUT2D eigenvalue weighted by Crippen LogP contribution is -3.19. The smallest absolute Gasteiger partial charge is 0.278 e. The molecule has 5 nitrogen and oxygen atoms in total. The van der Waals surface area contributed by atoms with E-state index >= 15 is 0 Å². The summed E-state index contributed by atoms with van der Waals surface area (Å²) in [6.45, 7) is 6.41. The molecule has 1 saturated heterocycles. The van der Waals surface area contributed by atoms with Gasteiger partial charge >= 0.3 is 0 Å². The predicted octanol–water partition coefficient (Wildman–Crippen LogP) is 0.845. The highest BCUT2D eigenvalue weighted by Gasteiger charge is 2.28. The number of hydrogen-bond acceptors (Lipinski definition) is 3. The third kappa shape index (κ3) is 4.76. The van der Waals surface area contributed by atoms with Crippen molar-refractivity contribution in [2.75, 3.05) is 37.6 Å². The van der Waals surface area contributed by atoms with Crippen LogP contribution in [0.3, 0.4) is 0 Å². The Balaban J connectivity index is 1.43. The number of amides is 1. The fourth-order valence-corrected chi connectivity index (χ4v) is 3.46. The second kappa shape index (κ2) is 8.72. The van der Waals surface area contributed by atoms with Gasteiger partial charge in [0.05, 0.1) is 26.2 Å². The van der Waals surface area contributed by atoms with Crippen LogP contribution in [-0.2, 0) is 11.2 Å². The van der Waals surface area contributed by atoms with Gasteiger partial charge in [-0.1, -0.05) is 30.3 Å². The van der Waals surface area contributed by atoms with E-state index in [1.165, 1.54) is 10.5 Å². The van der Waals surface area contributed by atoms with E-state index in [0.717, 1.165) is 38.3 Å². The molecule has 26 heavy (non-hydrogen) atoms. The first-order valence-corrected chi connectivity index (χ1v) is 9.33. The van der Waals surface area contributed by atoms with E-state index in [9.17, 15) is 9.90 Å². The van der Waals surface area contributed by atoms with E-state index in [2.05, 4.69) is 22.3 Å². The minimum absolute atomic E-state index is 0.0345. The molecule has 0 aliphatic carbocycles. The van der Waals surface area contributed by atoms with Crippen LogP contribution in [-0.4, -0.2) is 49.8 Å². The first-order valence-electron chi connectivity index (χ1n) is 9.33. The molecule has 1 fully saturated rings. The van der Waals surface area contributed by atoms with Crippen molar-refractivity contribution >= 4 is 11.6 Å². The third-order valence-corrected chi connectivity index (χ3v) is 5.18. The van der Waals surface area contributed by atoms with E-state index < -0.39 is 0 Å². The Kier molecular flexibility index (Phi) is 6.12. The van der Waals surface area contributed by atoms with Gasteiger partial charge < -0.3 is 20.2 Å². The number of nitrogens with one attached hydrogen (secondary N) is 2. The molecule has 2 aromatic rings. The van der Waals surface area contributed by atoms with Crippen LogP contribution in [0.25, 0.3) is 0 Å². The van der Waals surface area contributed by atoms with Gasteiger partial charge in [-0.15, -0.1) is 0 Å². The van der Waals surface area contributed by atoms with Crippen molar-refractivity contribution in [3.63, 3.8) is 0 Å². The molecular weight excluding hydrogens is 326 g/mol. The minimum atomic E-state index is -0.0345. The molecule has 1 atom stereocenters. The molecule has 1 heterocycles. The van der Waals surface area contributed by atoms with Crippen LogP contribution in [0.1, 0.15) is 12.5 Å². The number of piperazine rings is 1. The number of rotatable bonds is 6. The fraction of sp³-hybridized carbons (Fsp3) is 0.381. The second-order valence-electron chi connectivity index (χ2n) is 6.91. The Bertz CT molecular complexity index is 695. The fourth-order valence-electron chi connectivity index (χ4n) is 3.46. The lowest BCUT2D eigenvalue weighted by molar-refractivity contribution is -0.914. The number of aromatic hydroxyl groups is 1. The number of hydrogen-bond donors (Lipinski definition) is 3. The zero-order chi connectivity index (χ0) is 18.4. The van der Waals surface area contributed by atoms with Crippen LogP contribution in [0.4, 0.5) is 5.69 Å². The topological polar surface area (TPSA) is 57.0 Å². The lowest BCUT2D eigenvalue weighted by Gasteiger charge is -2.36. The number of phenols is 1. The highest BCUT2D eigenvalue weighted by Crippen LogP contribution is 2.18. The van der Waals surface area contributed by atoms with Gasteiger partial charge in [-0.05, 0) is 43.2 Å². The molecule has 2 aromatic carbocycles. The summed E-state index contributed by atoms with van der Waals surface area (Å²) in [5.74, 6) is 0.424. The third-order valence-electron chi connectivity index (χ3n) is 5.18. The Morgan fingerprint density at radius 3 is 2.42 bits per heavy atom. The normalized spacial score (nSPS) is 16.3. The maximum absolute atomic E-state index is 12.4. The van der Waals surface area contributed by atoms with Crippen molar-refractivity contribution < 1.29 is 14.8 Å². The molecular formula is C21H28N3O2+. The molecule has 0 spiro atoms. The highest BCUT2D eigenvalue weighted by molar-refractivity contribution is 5.79. The van der Waals surface area contributed by atoms with Crippen molar-refractivity contribution in [3.8, 4) is 5.75 Å². The van der Waals surface area contributed by atoms with Gasteiger partial charge in [0.15, 0.2) is 6.04 Å². The van der Waals surface area contributed by atoms with Gasteiger partial charge in [0, 0.05) is 12.2 Å². The van der Waals surface area contributed by atoms with Gasteiger partial charge in [0.1, 0.15) is 5.75 Å². The van der Waals surface area contributed by atoms with E-state index in [0.29, 0.717) is 12.3 Å². The molecule has 0 unspecified atom stereocenters. The summed E-state index contributed by atoms with van der Waals surface area (Å²) >= 11 is 0. The average Bonchev–Trinajstić information content (AvgIpc) is 2.69. The summed E-state index contributed by atoms with van der Waals surface area (Å²) in [6, 6.07) is 17.5. The summed E-state index contributed by atoms with van der Waals surface area (Å²) in [4.78, 5) is 16.1. The lowest BCUT2D eigenvalue weighted by atomic mass is 10.1. The Morgan fingerprint density at radius 1 is 1.12 bits per heavy atom. The van der Waals surface area contributed by atoms with E-state index in [-0.39, 0.29) is 11.9 Å². The average molecular weight is 354 g/mol. The van der Waals surface area contributed by atoms with E-state index in [1.807, 2.05) is 37.3 Å². The Morgan fingerprint density at radius 2 is 1.77 bits per heavy atom. The molecule has 0 bridgehead atoms. The van der Waals surface area contributed by atoms with Gasteiger partial charge in [-0.2, -0.15) is 0 Å². The Hall–Kier alpha value is -2.53. The maximum atomic E-state index is 12.4. The van der Waals surface area contributed by atoms with Crippen LogP contribution >= 0.6 is 0 Å². The monoisotopic (exact) mass is 354 g/mol. The summed E-state index contributed by atoms with van der Waals surface area (Å²) in [5, 5.41) is 12.5. The molecule has 1 aliphatic heterocycles. The summed E-state index contributed by atoms with van der Waals surface area (Å²) in [5.41, 5.74) is 2.37. The SMILES string of the molecule is C[C@@H](C(=O)NCCc1ccccc1)[NH+]1CCN(c2ccc(O)cc2)CC1. The van der Waals surface area contributed by atoms with E-state index in [4.69, 9.17) is 0 Å². The van der Waals surface area contributed by atoms with Crippen LogP contribution < -0.4 is 15.1 Å². The number of nitrogens with zero attached hydrogens (tertiary/aromatic N) is 1. The van der Waals surface area contributed by atoms with Gasteiger partial charge in [0.2, 0.25) is 0 Å². The predicted molar refractivity (Wildman–Crippen MR) is 104 cm³/mol. The summed E-state index contributed by atoms with van der Waals surface area (Å²) in [6.07, 6.45) is 0.864. The number of carbonyl (C=O) groups is 1. The molecule has 0 radical (unpaired) electrons. The molecule has 1 aliphatic rings. The number of quaternary nitrogens is 1. The molecule has 3 N–H and O–H groups in total. The number of benzene rings is 2. The molecule has 0 saturated carbocycles. The first-order chi connectivity index (χ1) is 12.6. The second-order valence-corrected chi connectivity index (χ2v) is 6.91. The van der Waals surface area contributed by atoms with Crippen molar-refractivity contribution in [3.05, 3.63) is 60.2 Å². The van der Waals surface area contributed by atoms with Gasteiger partial charge in [-0.3, -0.25) is 4.79 Å². The van der Waals surface area contributed by atoms with Crippen molar-refractivity contribution in [1.29, 1.82) is 0 Å². The number of anilines is 1. The van der Waals surface area contributed by atoms with Crippen molar-refractivity contribution in [1.82, 2.24) is 5.32 Å². The molecule has 5 heteroatoms. The first kappa shape index (κ1) is 18.3. The quantitative estimate of drug-likeness (QED) is 0.721. The summed E-state index contributed by atoms with van der Waals surface area (Å²) in [7, 11) is 0. The molecule has 138 valence electrons. The van der Waals surface area contributed by atoms with Crippen LogP contribution in [0.5, 0.6) is 5.75 Å². The standard InChI is InChI=1S/C21H27N3O2/c1-17(21(26)22-12-11-18-5-3-2-4-6-18)23-13-15-24(16-14-23)19-7-9-20(25)10-8-19/h2-10,17,25H,11-16H2,1H3,(H,22,26)/p+1/t17-/m0/s1. The van der Waals surface area contributed by atoms with Crippen LogP contribution in [0, 0.1) is 0 Å². The van der Waals surface area contributed by atoms with E-state index in [1.54, 1.807) is 12.1 Å². The maximum Gasteiger partial charge on any atom is 0.278 e. The molecule has 3 rings (SSSR count). The number of phenolic OH excluding ortho intramolecular Hbond substituents is 1. The molecule has 1 amide bonds. The van der Waals surface area contributed by atoms with Crippen LogP contribution in [0.2, 0.25) is 0 Å². The zero-order valence-corrected chi connectivity index (χ0v) is 15.3. The zero-order valence-electron chi connectivity index (χ0n) is 15.3. The van der Waals surface area contributed by atoms with Crippen molar-refractivity contribution in [2.24, 2.45) is 0 Å². The Labute approximate surface area is 155 Å². The summed E-state index contributed by atoms with van der Waals surface area (Å²) < 4.78 is 0. The van der Waals surface area contributed by atoms with Crippen molar-refractivity contribution in [2.45, 2.75) is 19.4 Å². The van der Waals surface area contributed by atoms with Gasteiger partial charge in [0.25, 0.3) is 5.91 Å².